The van der Waals surface area contributed by atoms with Crippen LogP contribution >= 0.6 is 0 Å². The lowest BCUT2D eigenvalue weighted by molar-refractivity contribution is 0.232. The van der Waals surface area contributed by atoms with E-state index < -0.39 is 20.0 Å². The molecule has 0 spiro atoms. The number of nitrogens with zero attached hydrogens (tertiary/aromatic N) is 2. The van der Waals surface area contributed by atoms with Crippen LogP contribution in [0.2, 0.25) is 0 Å². The zero-order chi connectivity index (χ0) is 25.1. The third kappa shape index (κ3) is 3.98. The summed E-state index contributed by atoms with van der Waals surface area (Å²) in [4.78, 5) is 4.44. The molecule has 0 radical (unpaired) electrons. The number of fused-ring (bicyclic) bond motifs is 5. The van der Waals surface area contributed by atoms with E-state index in [1.54, 1.807) is 6.07 Å². The zero-order valence-electron chi connectivity index (χ0n) is 19.4. The summed E-state index contributed by atoms with van der Waals surface area (Å²) in [6.45, 7) is 3.93. The number of anilines is 1. The van der Waals surface area contributed by atoms with Gasteiger partial charge < -0.3 is 9.84 Å². The highest BCUT2D eigenvalue weighted by atomic mass is 32.2. The van der Waals surface area contributed by atoms with Crippen molar-refractivity contribution >= 4 is 48.0 Å². The second-order valence-corrected chi connectivity index (χ2v) is 12.7. The van der Waals surface area contributed by atoms with E-state index >= 15 is 0 Å². The minimum Gasteiger partial charge on any atom is -0.506 e. The highest BCUT2D eigenvalue weighted by Crippen LogP contribution is 2.47. The molecule has 2 aliphatic rings. The average Bonchev–Trinajstić information content (AvgIpc) is 2.78. The molecule has 0 atom stereocenters. The highest BCUT2D eigenvalue weighted by Gasteiger charge is 2.42. The number of phenols is 1. The number of benzene rings is 3. The van der Waals surface area contributed by atoms with Crippen molar-refractivity contribution in [3.8, 4) is 11.5 Å². The van der Waals surface area contributed by atoms with Crippen molar-refractivity contribution in [2.75, 3.05) is 17.7 Å². The summed E-state index contributed by atoms with van der Waals surface area (Å²) >= 11 is 0. The summed E-state index contributed by atoms with van der Waals surface area (Å²) in [7, 11) is -7.74. The summed E-state index contributed by atoms with van der Waals surface area (Å²) in [5, 5.41) is 12.7. The van der Waals surface area contributed by atoms with Crippen LogP contribution in [0.3, 0.4) is 0 Å². The molecule has 35 heavy (non-hydrogen) atoms. The van der Waals surface area contributed by atoms with Crippen LogP contribution in [0.5, 0.6) is 11.5 Å². The predicted molar refractivity (Wildman–Crippen MR) is 134 cm³/mol. The Kier molecular flexibility index (Phi) is 5.44. The van der Waals surface area contributed by atoms with E-state index in [1.165, 1.54) is 18.2 Å². The molecule has 0 amide bonds. The number of aliphatic imine (C=N–C) groups is 1. The molecule has 11 heteroatoms. The lowest BCUT2D eigenvalue weighted by Gasteiger charge is -2.35. The number of ether oxygens (including phenoxy) is 1. The number of hydrogen-bond acceptors (Lipinski definition) is 7. The fraction of sp³-hybridized carbons (Fsp3) is 0.292. The van der Waals surface area contributed by atoms with Crippen LogP contribution in [-0.4, -0.2) is 45.1 Å². The number of hydrogen-bond donors (Lipinski definition) is 2. The monoisotopic (exact) mass is 515 g/mol. The number of rotatable bonds is 5. The van der Waals surface area contributed by atoms with Gasteiger partial charge in [-0.05, 0) is 42.3 Å². The molecule has 2 heterocycles. The van der Waals surface area contributed by atoms with Gasteiger partial charge in [-0.2, -0.15) is 0 Å². The average molecular weight is 516 g/mol. The van der Waals surface area contributed by atoms with Gasteiger partial charge in [0.2, 0.25) is 10.0 Å². The lowest BCUT2D eigenvalue weighted by atomic mass is 9.92. The van der Waals surface area contributed by atoms with Crippen LogP contribution in [-0.2, 0) is 26.5 Å². The SMILES string of the molecule is CC(C)CCc1c2c(c(O)c3ccccc13)C1=Nc3ccc(NS(C)(=O)=O)cc3S(=O)(=O)N1CO2. The van der Waals surface area contributed by atoms with Crippen molar-refractivity contribution in [3.05, 3.63) is 53.6 Å². The maximum atomic E-state index is 13.5. The topological polar surface area (TPSA) is 125 Å². The van der Waals surface area contributed by atoms with Gasteiger partial charge in [-0.25, -0.2) is 26.1 Å². The predicted octanol–water partition coefficient (Wildman–Crippen LogP) is 3.94. The van der Waals surface area contributed by atoms with Gasteiger partial charge >= 0.3 is 0 Å². The minimum atomic E-state index is -4.14. The zero-order valence-corrected chi connectivity index (χ0v) is 21.1. The third-order valence-electron chi connectivity index (χ3n) is 6.06. The maximum Gasteiger partial charge on any atom is 0.270 e. The van der Waals surface area contributed by atoms with Gasteiger partial charge in [-0.3, -0.25) is 4.72 Å². The van der Waals surface area contributed by atoms with Crippen molar-refractivity contribution in [1.29, 1.82) is 0 Å². The molecule has 0 saturated carbocycles. The Balaban J connectivity index is 1.74. The first kappa shape index (κ1) is 23.4. The van der Waals surface area contributed by atoms with E-state index in [9.17, 15) is 21.9 Å². The van der Waals surface area contributed by atoms with Crippen LogP contribution in [0.25, 0.3) is 10.8 Å². The normalized spacial score (nSPS) is 16.2. The largest absolute Gasteiger partial charge is 0.506 e. The molecule has 9 nitrogen and oxygen atoms in total. The molecule has 0 unspecified atom stereocenters. The minimum absolute atomic E-state index is 0.0802. The molecule has 184 valence electrons. The molecule has 0 fully saturated rings. The third-order valence-corrected chi connectivity index (χ3v) is 8.41. The number of nitrogens with one attached hydrogen (secondary N) is 1. The van der Waals surface area contributed by atoms with Gasteiger partial charge in [0.1, 0.15) is 22.0 Å². The number of aromatic hydroxyl groups is 1. The van der Waals surface area contributed by atoms with Gasteiger partial charge in [0.25, 0.3) is 10.0 Å². The fourth-order valence-electron chi connectivity index (χ4n) is 4.44. The van der Waals surface area contributed by atoms with Crippen LogP contribution in [0.15, 0.2) is 52.4 Å². The molecular weight excluding hydrogens is 490 g/mol. The highest BCUT2D eigenvalue weighted by molar-refractivity contribution is 7.92. The van der Waals surface area contributed by atoms with Gasteiger partial charge in [-0.1, -0.05) is 38.1 Å². The molecule has 3 aromatic carbocycles. The Bertz CT molecular complexity index is 1610. The smallest absolute Gasteiger partial charge is 0.270 e. The molecule has 0 saturated heterocycles. The molecular formula is C24H25N3O6S2. The summed E-state index contributed by atoms with van der Waals surface area (Å²) < 4.78 is 59.6. The van der Waals surface area contributed by atoms with E-state index in [0.29, 0.717) is 23.5 Å². The first-order valence-corrected chi connectivity index (χ1v) is 14.4. The second kappa shape index (κ2) is 8.13. The summed E-state index contributed by atoms with van der Waals surface area (Å²) in [5.74, 6) is 0.858. The van der Waals surface area contributed by atoms with Gasteiger partial charge in [-0.15, -0.1) is 0 Å². The maximum absolute atomic E-state index is 13.5. The number of sulfonamides is 2. The van der Waals surface area contributed by atoms with Crippen LogP contribution in [0, 0.1) is 5.92 Å². The van der Waals surface area contributed by atoms with Gasteiger partial charge in [0, 0.05) is 16.6 Å². The number of amidine groups is 1. The Hall–Kier alpha value is -3.31. The van der Waals surface area contributed by atoms with Crippen LogP contribution in [0.4, 0.5) is 11.4 Å². The quantitative estimate of drug-likeness (QED) is 0.530. The van der Waals surface area contributed by atoms with Gasteiger partial charge in [0.05, 0.1) is 11.9 Å². The van der Waals surface area contributed by atoms with E-state index in [4.69, 9.17) is 4.74 Å². The Morgan fingerprint density at radius 2 is 1.89 bits per heavy atom. The summed E-state index contributed by atoms with van der Waals surface area (Å²) in [5.41, 5.74) is 1.40. The van der Waals surface area contributed by atoms with E-state index in [0.717, 1.165) is 27.9 Å². The first-order chi connectivity index (χ1) is 16.5. The van der Waals surface area contributed by atoms with Crippen molar-refractivity contribution in [2.24, 2.45) is 10.9 Å². The van der Waals surface area contributed by atoms with Crippen LogP contribution in [0.1, 0.15) is 31.4 Å². The van der Waals surface area contributed by atoms with Crippen molar-refractivity contribution < 1.29 is 26.7 Å². The molecule has 3 aromatic rings. The lowest BCUT2D eigenvalue weighted by Crippen LogP contribution is -2.45. The first-order valence-electron chi connectivity index (χ1n) is 11.1. The van der Waals surface area contributed by atoms with Crippen molar-refractivity contribution in [1.82, 2.24) is 4.31 Å². The van der Waals surface area contributed by atoms with Crippen molar-refractivity contribution in [3.63, 3.8) is 0 Å². The molecule has 5 rings (SSSR count). The number of aryl methyl sites for hydroxylation is 1. The Morgan fingerprint density at radius 1 is 1.17 bits per heavy atom. The van der Waals surface area contributed by atoms with E-state index in [2.05, 4.69) is 23.6 Å². The van der Waals surface area contributed by atoms with E-state index in [1.807, 2.05) is 18.2 Å². The molecule has 0 aliphatic carbocycles. The molecule has 2 N–H and O–H groups in total. The van der Waals surface area contributed by atoms with Crippen molar-refractivity contribution in [2.45, 2.75) is 31.6 Å². The Labute approximate surface area is 204 Å². The van der Waals surface area contributed by atoms with Crippen LogP contribution < -0.4 is 9.46 Å². The molecule has 0 bridgehead atoms. The summed E-state index contributed by atoms with van der Waals surface area (Å²) in [6.07, 6.45) is 2.56. The number of phenolic OH excluding ortho intramolecular Hbond substituents is 1. The summed E-state index contributed by atoms with van der Waals surface area (Å²) in [6, 6.07) is 11.5. The van der Waals surface area contributed by atoms with E-state index in [-0.39, 0.29) is 40.1 Å². The Morgan fingerprint density at radius 3 is 2.57 bits per heavy atom. The molecule has 0 aromatic heterocycles. The second-order valence-electron chi connectivity index (χ2n) is 9.13. The van der Waals surface area contributed by atoms with Gasteiger partial charge in [0.15, 0.2) is 12.6 Å². The fourth-order valence-corrected chi connectivity index (χ4v) is 6.44. The molecule has 2 aliphatic heterocycles. The standard InChI is InChI=1S/C24H25N3O6S2/c1-14(2)8-10-18-16-6-4-5-7-17(16)22(28)21-23(18)33-13-27-24(21)25-19-11-9-15(26-34(3,29)30)12-20(19)35(27,31)32/h4-7,9,11-12,14,26,28H,8,10,13H2,1-3H3.